The van der Waals surface area contributed by atoms with E-state index in [1.54, 1.807) is 0 Å². The molecular formula is C13H15N5O5. The second-order valence-corrected chi connectivity index (χ2v) is 5.38. The van der Waals surface area contributed by atoms with E-state index in [1.165, 1.54) is 17.8 Å². The van der Waals surface area contributed by atoms with E-state index in [-0.39, 0.29) is 17.1 Å². The zero-order chi connectivity index (χ0) is 16.9. The minimum Gasteiger partial charge on any atom is -0.391 e. The number of nitrogens with two attached hydrogens (primary N) is 1. The van der Waals surface area contributed by atoms with Crippen LogP contribution in [0.5, 0.6) is 0 Å². The quantitative estimate of drug-likeness (QED) is 0.386. The van der Waals surface area contributed by atoms with Crippen LogP contribution in [0.15, 0.2) is 11.1 Å². The Balaban J connectivity index is 2.18. The third-order valence-corrected chi connectivity index (χ3v) is 3.83. The number of aliphatic hydroxyl groups excluding tert-OH is 2. The molecule has 122 valence electrons. The molecular weight excluding hydrogens is 306 g/mol. The summed E-state index contributed by atoms with van der Waals surface area (Å²) >= 11 is 0. The summed E-state index contributed by atoms with van der Waals surface area (Å²) in [6.45, 7) is 1.39. The van der Waals surface area contributed by atoms with Gasteiger partial charge in [0.25, 0.3) is 5.56 Å². The van der Waals surface area contributed by atoms with Gasteiger partial charge in [0.15, 0.2) is 23.0 Å². The molecule has 10 heteroatoms. The number of aromatic nitrogens is 4. The molecule has 0 aromatic carbocycles. The van der Waals surface area contributed by atoms with Crippen molar-refractivity contribution in [1.29, 1.82) is 0 Å². The Labute approximate surface area is 129 Å². The van der Waals surface area contributed by atoms with Gasteiger partial charge in [-0.1, -0.05) is 5.92 Å². The first-order chi connectivity index (χ1) is 10.8. The minimum atomic E-state index is -2.14. The number of hydrogen-bond acceptors (Lipinski definition) is 8. The first kappa shape index (κ1) is 15.4. The van der Waals surface area contributed by atoms with Gasteiger partial charge in [0.1, 0.15) is 12.2 Å². The number of hydrogen-bond donors (Lipinski definition) is 5. The molecule has 1 unspecified atom stereocenters. The van der Waals surface area contributed by atoms with Gasteiger partial charge in [-0.05, 0) is 6.92 Å². The van der Waals surface area contributed by atoms with Crippen LogP contribution in [0, 0.1) is 12.3 Å². The molecule has 1 saturated heterocycles. The maximum Gasteiger partial charge on any atom is 0.280 e. The summed E-state index contributed by atoms with van der Waals surface area (Å²) in [4.78, 5) is 22.0. The Bertz CT molecular complexity index is 853. The smallest absolute Gasteiger partial charge is 0.280 e. The van der Waals surface area contributed by atoms with E-state index in [0.29, 0.717) is 0 Å². The number of H-pyrrole nitrogens is 1. The Morgan fingerprint density at radius 2 is 2.35 bits per heavy atom. The fraction of sp³-hybridized carbons (Fsp3) is 0.462. The van der Waals surface area contributed by atoms with Crippen LogP contribution in [0.3, 0.4) is 0 Å². The molecule has 1 fully saturated rings. The second kappa shape index (κ2) is 5.04. The zero-order valence-electron chi connectivity index (χ0n) is 12.0. The molecule has 0 bridgehead atoms. The molecule has 1 aliphatic heterocycles. The van der Waals surface area contributed by atoms with Gasteiger partial charge in [0, 0.05) is 0 Å². The number of terminal acetylenes is 1. The minimum absolute atomic E-state index is 0.0304. The van der Waals surface area contributed by atoms with E-state index in [2.05, 4.69) is 20.9 Å². The van der Waals surface area contributed by atoms with Crippen molar-refractivity contribution in [2.45, 2.75) is 37.1 Å². The zero-order valence-corrected chi connectivity index (χ0v) is 12.0. The van der Waals surface area contributed by atoms with Gasteiger partial charge < -0.3 is 25.8 Å². The average Bonchev–Trinajstić information content (AvgIpc) is 3.00. The summed E-state index contributed by atoms with van der Waals surface area (Å²) in [6, 6.07) is 0. The van der Waals surface area contributed by atoms with Crippen molar-refractivity contribution >= 4 is 17.1 Å². The number of ether oxygens (including phenoxy) is 1. The normalized spacial score (nSPS) is 32.0. The highest BCUT2D eigenvalue weighted by Crippen LogP contribution is 2.40. The third kappa shape index (κ3) is 2.10. The number of nitrogens with one attached hydrogen (secondary N) is 1. The topological polar surface area (TPSA) is 160 Å². The van der Waals surface area contributed by atoms with Crippen molar-refractivity contribution in [1.82, 2.24) is 19.5 Å². The van der Waals surface area contributed by atoms with Gasteiger partial charge in [-0.2, -0.15) is 4.98 Å². The summed E-state index contributed by atoms with van der Waals surface area (Å²) in [7, 11) is 0. The number of nitrogens with zero attached hydrogens (tertiary/aromatic N) is 3. The highest BCUT2D eigenvalue weighted by atomic mass is 16.6. The van der Waals surface area contributed by atoms with Gasteiger partial charge in [-0.25, -0.2) is 4.98 Å². The number of aromatic amines is 1. The predicted molar refractivity (Wildman–Crippen MR) is 77.9 cm³/mol. The van der Waals surface area contributed by atoms with Crippen LogP contribution in [0.4, 0.5) is 5.95 Å². The van der Waals surface area contributed by atoms with E-state index in [0.717, 1.165) is 0 Å². The van der Waals surface area contributed by atoms with Crippen LogP contribution in [0.1, 0.15) is 13.2 Å². The number of aliphatic hydroxyl groups is 3. The van der Waals surface area contributed by atoms with Crippen molar-refractivity contribution in [2.24, 2.45) is 0 Å². The summed E-state index contributed by atoms with van der Waals surface area (Å²) in [5.41, 5.74) is 2.80. The van der Waals surface area contributed by atoms with Gasteiger partial charge in [-0.15, -0.1) is 6.42 Å². The largest absolute Gasteiger partial charge is 0.391 e. The van der Waals surface area contributed by atoms with Crippen LogP contribution >= 0.6 is 0 Å². The first-order valence-corrected chi connectivity index (χ1v) is 6.73. The Kier molecular flexibility index (Phi) is 3.38. The monoisotopic (exact) mass is 321 g/mol. The molecule has 5 atom stereocenters. The summed E-state index contributed by atoms with van der Waals surface area (Å²) in [6.07, 6.45) is 1.47. The molecule has 2 aromatic rings. The molecule has 0 saturated carbocycles. The van der Waals surface area contributed by atoms with E-state index in [9.17, 15) is 20.1 Å². The number of nitrogen functional groups attached to an aromatic ring is 1. The van der Waals surface area contributed by atoms with Crippen LogP contribution in [0.2, 0.25) is 0 Å². The Morgan fingerprint density at radius 1 is 1.65 bits per heavy atom. The van der Waals surface area contributed by atoms with E-state index in [4.69, 9.17) is 16.9 Å². The Morgan fingerprint density at radius 3 is 2.96 bits per heavy atom. The lowest BCUT2D eigenvalue weighted by atomic mass is 9.93. The van der Waals surface area contributed by atoms with Crippen LogP contribution < -0.4 is 11.3 Å². The third-order valence-electron chi connectivity index (χ3n) is 3.83. The van der Waals surface area contributed by atoms with E-state index < -0.39 is 35.7 Å². The van der Waals surface area contributed by atoms with Gasteiger partial charge in [-0.3, -0.25) is 14.3 Å². The van der Waals surface area contributed by atoms with Crippen molar-refractivity contribution < 1.29 is 20.1 Å². The molecule has 2 aromatic heterocycles. The lowest BCUT2D eigenvalue weighted by Gasteiger charge is -2.26. The van der Waals surface area contributed by atoms with Gasteiger partial charge >= 0.3 is 0 Å². The van der Waals surface area contributed by atoms with Gasteiger partial charge in [0.05, 0.1) is 12.4 Å². The molecule has 0 amide bonds. The maximum atomic E-state index is 11.8. The number of rotatable bonds is 2. The van der Waals surface area contributed by atoms with Crippen LogP contribution in [-0.4, -0.2) is 58.8 Å². The first-order valence-electron chi connectivity index (χ1n) is 6.73. The van der Waals surface area contributed by atoms with Gasteiger partial charge in [0.2, 0.25) is 5.95 Å². The van der Waals surface area contributed by atoms with Crippen molar-refractivity contribution in [2.75, 3.05) is 5.73 Å². The number of imidazole rings is 1. The molecule has 0 spiro atoms. The van der Waals surface area contributed by atoms with Crippen molar-refractivity contribution in [3.8, 4) is 12.3 Å². The fourth-order valence-corrected chi connectivity index (χ4v) is 2.65. The fourth-order valence-electron chi connectivity index (χ4n) is 2.65. The average molecular weight is 321 g/mol. The number of fused-ring (bicyclic) bond motifs is 1. The lowest BCUT2D eigenvalue weighted by Crippen LogP contribution is -2.47. The van der Waals surface area contributed by atoms with E-state index in [1.807, 2.05) is 0 Å². The van der Waals surface area contributed by atoms with E-state index >= 15 is 0 Å². The second-order valence-electron chi connectivity index (χ2n) is 5.38. The molecule has 1 aliphatic rings. The lowest BCUT2D eigenvalue weighted by molar-refractivity contribution is -0.0846. The molecule has 3 rings (SSSR count). The highest BCUT2D eigenvalue weighted by Gasteiger charge is 2.57. The molecule has 10 nitrogen and oxygen atoms in total. The summed E-state index contributed by atoms with van der Waals surface area (Å²) in [5.74, 6) is 1.93. The molecule has 6 N–H and O–H groups in total. The predicted octanol–water partition coefficient (Wildman–Crippen LogP) is -2.29. The summed E-state index contributed by atoms with van der Waals surface area (Å²) < 4.78 is 6.71. The van der Waals surface area contributed by atoms with Crippen molar-refractivity contribution in [3.63, 3.8) is 0 Å². The molecule has 0 aliphatic carbocycles. The maximum absolute atomic E-state index is 11.8. The SMILES string of the molecule is C#C[C@@]1(O)C(O)[C@@H]([C@@H](C)O)O[C@H]1n1cnc2c(=O)[nH]c(N)nc21. The Hall–Kier alpha value is -2.45. The molecule has 0 radical (unpaired) electrons. The standard InChI is InChI=1S/C13H15N5O5/c1-3-13(22)8(20)7(5(2)19)23-11(13)18-4-15-6-9(18)16-12(14)17-10(6)21/h1,4-5,7-8,11,19-20,22H,2H3,(H3,14,16,17,21)/t5-,7-,8?,11-,13-/m1/s1. The highest BCUT2D eigenvalue weighted by molar-refractivity contribution is 5.70. The molecule has 23 heavy (non-hydrogen) atoms. The number of anilines is 1. The van der Waals surface area contributed by atoms with Crippen molar-refractivity contribution in [3.05, 3.63) is 16.7 Å². The summed E-state index contributed by atoms with van der Waals surface area (Å²) in [5, 5.41) is 30.5. The van der Waals surface area contributed by atoms with Crippen LogP contribution in [-0.2, 0) is 4.74 Å². The van der Waals surface area contributed by atoms with Crippen LogP contribution in [0.25, 0.3) is 11.2 Å². The molecule has 3 heterocycles.